The van der Waals surface area contributed by atoms with Crippen LogP contribution in [-0.2, 0) is 0 Å². The van der Waals surface area contributed by atoms with Gasteiger partial charge in [-0.05, 0) is 32.4 Å². The number of anilines is 1. The first-order valence-electron chi connectivity index (χ1n) is 6.63. The van der Waals surface area contributed by atoms with Gasteiger partial charge in [0.25, 0.3) is 5.91 Å². The Balaban J connectivity index is 2.32. The SMILES string of the molecule is CCN(C(=O)c1csc(C(C)N)n1)c1ccccc1C. The molecular weight excluding hydrogens is 270 g/mol. The van der Waals surface area contributed by atoms with E-state index in [1.54, 1.807) is 10.3 Å². The number of rotatable bonds is 4. The average molecular weight is 289 g/mol. The first-order valence-corrected chi connectivity index (χ1v) is 7.51. The van der Waals surface area contributed by atoms with Gasteiger partial charge in [0.05, 0.1) is 6.04 Å². The van der Waals surface area contributed by atoms with E-state index >= 15 is 0 Å². The molecule has 0 fully saturated rings. The molecule has 106 valence electrons. The fourth-order valence-corrected chi connectivity index (χ4v) is 2.77. The summed E-state index contributed by atoms with van der Waals surface area (Å²) in [5.41, 5.74) is 8.26. The molecule has 2 aromatic rings. The Kier molecular flexibility index (Phi) is 4.52. The molecule has 1 unspecified atom stereocenters. The molecule has 0 spiro atoms. The van der Waals surface area contributed by atoms with Crippen LogP contribution in [0.4, 0.5) is 5.69 Å². The molecule has 0 aliphatic rings. The number of nitrogens with two attached hydrogens (primary N) is 1. The number of hydrogen-bond acceptors (Lipinski definition) is 4. The highest BCUT2D eigenvalue weighted by Gasteiger charge is 2.20. The Morgan fingerprint density at radius 3 is 2.70 bits per heavy atom. The van der Waals surface area contributed by atoms with Crippen LogP contribution < -0.4 is 10.6 Å². The monoisotopic (exact) mass is 289 g/mol. The first-order chi connectivity index (χ1) is 9.54. The molecule has 0 bridgehead atoms. The second-order valence-electron chi connectivity index (χ2n) is 4.70. The van der Waals surface area contributed by atoms with Crippen molar-refractivity contribution in [3.05, 3.63) is 45.9 Å². The lowest BCUT2D eigenvalue weighted by Crippen LogP contribution is -2.31. The molecular formula is C15H19N3OS. The average Bonchev–Trinajstić information content (AvgIpc) is 2.91. The van der Waals surface area contributed by atoms with Crippen LogP contribution in [0.15, 0.2) is 29.6 Å². The summed E-state index contributed by atoms with van der Waals surface area (Å²) in [6.07, 6.45) is 0. The summed E-state index contributed by atoms with van der Waals surface area (Å²) in [5.74, 6) is -0.0788. The number of thiazole rings is 1. The summed E-state index contributed by atoms with van der Waals surface area (Å²) in [6.45, 7) is 6.43. The predicted octanol–water partition coefficient (Wildman–Crippen LogP) is 3.14. The molecule has 0 aliphatic heterocycles. The van der Waals surface area contributed by atoms with Crippen molar-refractivity contribution in [3.8, 4) is 0 Å². The summed E-state index contributed by atoms with van der Waals surface area (Å²) in [7, 11) is 0. The molecule has 1 aromatic heterocycles. The maximum Gasteiger partial charge on any atom is 0.277 e. The Morgan fingerprint density at radius 1 is 1.45 bits per heavy atom. The highest BCUT2D eigenvalue weighted by molar-refractivity contribution is 7.09. The van der Waals surface area contributed by atoms with Gasteiger partial charge < -0.3 is 10.6 Å². The van der Waals surface area contributed by atoms with Gasteiger partial charge in [-0.25, -0.2) is 4.98 Å². The third kappa shape index (κ3) is 2.89. The summed E-state index contributed by atoms with van der Waals surface area (Å²) in [5, 5.41) is 2.57. The molecule has 0 saturated carbocycles. The summed E-state index contributed by atoms with van der Waals surface area (Å²) in [6, 6.07) is 7.71. The van der Waals surface area contributed by atoms with Gasteiger partial charge in [0.2, 0.25) is 0 Å². The minimum atomic E-state index is -0.143. The number of hydrogen-bond donors (Lipinski definition) is 1. The Morgan fingerprint density at radius 2 is 2.15 bits per heavy atom. The predicted molar refractivity (Wildman–Crippen MR) is 83.2 cm³/mol. The number of aromatic nitrogens is 1. The van der Waals surface area contributed by atoms with Gasteiger partial charge in [-0.15, -0.1) is 11.3 Å². The van der Waals surface area contributed by atoms with Crippen molar-refractivity contribution in [1.29, 1.82) is 0 Å². The van der Waals surface area contributed by atoms with Crippen molar-refractivity contribution in [2.24, 2.45) is 5.73 Å². The molecule has 1 atom stereocenters. The molecule has 0 radical (unpaired) electrons. The molecule has 1 heterocycles. The van der Waals surface area contributed by atoms with Crippen molar-refractivity contribution < 1.29 is 4.79 Å². The lowest BCUT2D eigenvalue weighted by molar-refractivity contribution is 0.0984. The summed E-state index contributed by atoms with van der Waals surface area (Å²) in [4.78, 5) is 18.7. The summed E-state index contributed by atoms with van der Waals surface area (Å²) >= 11 is 1.43. The van der Waals surface area contributed by atoms with Crippen molar-refractivity contribution >= 4 is 22.9 Å². The van der Waals surface area contributed by atoms with Gasteiger partial charge in [0.1, 0.15) is 10.7 Å². The van der Waals surface area contributed by atoms with Crippen LogP contribution in [0.2, 0.25) is 0 Å². The Bertz CT molecular complexity index is 607. The van der Waals surface area contributed by atoms with Crippen LogP contribution in [0, 0.1) is 6.92 Å². The summed E-state index contributed by atoms with van der Waals surface area (Å²) < 4.78 is 0. The molecule has 1 aromatic carbocycles. The highest BCUT2D eigenvalue weighted by Crippen LogP contribution is 2.23. The number of benzene rings is 1. The lowest BCUT2D eigenvalue weighted by Gasteiger charge is -2.22. The van der Waals surface area contributed by atoms with E-state index in [-0.39, 0.29) is 11.9 Å². The van der Waals surface area contributed by atoms with E-state index in [4.69, 9.17) is 5.73 Å². The standard InChI is InChI=1S/C15H19N3OS/c1-4-18(13-8-6-5-7-10(13)2)15(19)12-9-20-14(17-12)11(3)16/h5-9,11H,4,16H2,1-3H3. The maximum absolute atomic E-state index is 12.6. The molecule has 5 heteroatoms. The zero-order valence-corrected chi connectivity index (χ0v) is 12.8. The number of para-hydroxylation sites is 1. The fraction of sp³-hybridized carbons (Fsp3) is 0.333. The van der Waals surface area contributed by atoms with Gasteiger partial charge in [0.15, 0.2) is 0 Å². The van der Waals surface area contributed by atoms with E-state index < -0.39 is 0 Å². The van der Waals surface area contributed by atoms with Crippen LogP contribution in [0.1, 0.15) is 40.9 Å². The molecule has 0 saturated heterocycles. The number of aryl methyl sites for hydroxylation is 1. The van der Waals surface area contributed by atoms with Crippen LogP contribution in [0.5, 0.6) is 0 Å². The Hall–Kier alpha value is -1.72. The van der Waals surface area contributed by atoms with Crippen molar-refractivity contribution in [2.45, 2.75) is 26.8 Å². The van der Waals surface area contributed by atoms with E-state index in [0.717, 1.165) is 16.3 Å². The maximum atomic E-state index is 12.6. The number of amides is 1. The minimum Gasteiger partial charge on any atom is -0.322 e. The van der Waals surface area contributed by atoms with Gasteiger partial charge in [-0.3, -0.25) is 4.79 Å². The molecule has 4 nitrogen and oxygen atoms in total. The second kappa shape index (κ2) is 6.15. The lowest BCUT2D eigenvalue weighted by atomic mass is 10.1. The highest BCUT2D eigenvalue weighted by atomic mass is 32.1. The van der Waals surface area contributed by atoms with E-state index in [1.807, 2.05) is 45.0 Å². The van der Waals surface area contributed by atoms with Gasteiger partial charge in [-0.1, -0.05) is 18.2 Å². The third-order valence-corrected chi connectivity index (χ3v) is 4.14. The van der Waals surface area contributed by atoms with Gasteiger partial charge in [0, 0.05) is 17.6 Å². The zero-order chi connectivity index (χ0) is 14.7. The van der Waals surface area contributed by atoms with Crippen molar-refractivity contribution in [3.63, 3.8) is 0 Å². The largest absolute Gasteiger partial charge is 0.322 e. The van der Waals surface area contributed by atoms with E-state index in [0.29, 0.717) is 12.2 Å². The van der Waals surface area contributed by atoms with E-state index in [2.05, 4.69) is 4.98 Å². The van der Waals surface area contributed by atoms with Gasteiger partial charge in [-0.2, -0.15) is 0 Å². The molecule has 2 rings (SSSR count). The van der Waals surface area contributed by atoms with Crippen molar-refractivity contribution in [2.75, 3.05) is 11.4 Å². The third-order valence-electron chi connectivity index (χ3n) is 3.10. The first kappa shape index (κ1) is 14.7. The number of nitrogens with zero attached hydrogens (tertiary/aromatic N) is 2. The molecule has 0 aliphatic carbocycles. The van der Waals surface area contributed by atoms with E-state index in [1.165, 1.54) is 11.3 Å². The smallest absolute Gasteiger partial charge is 0.277 e. The van der Waals surface area contributed by atoms with Crippen LogP contribution in [-0.4, -0.2) is 17.4 Å². The zero-order valence-electron chi connectivity index (χ0n) is 12.0. The van der Waals surface area contributed by atoms with Crippen molar-refractivity contribution in [1.82, 2.24) is 4.98 Å². The molecule has 2 N–H and O–H groups in total. The normalized spacial score (nSPS) is 12.2. The topological polar surface area (TPSA) is 59.2 Å². The van der Waals surface area contributed by atoms with Crippen LogP contribution in [0.3, 0.4) is 0 Å². The minimum absolute atomic E-state index is 0.0788. The quantitative estimate of drug-likeness (QED) is 0.940. The number of carbonyl (C=O) groups excluding carboxylic acids is 1. The number of carbonyl (C=O) groups is 1. The van der Waals surface area contributed by atoms with E-state index in [9.17, 15) is 4.79 Å². The molecule has 1 amide bonds. The molecule has 20 heavy (non-hydrogen) atoms. The second-order valence-corrected chi connectivity index (χ2v) is 5.59. The Labute approximate surface area is 123 Å². The fourth-order valence-electron chi connectivity index (χ4n) is 2.02. The van der Waals surface area contributed by atoms with Crippen LogP contribution in [0.25, 0.3) is 0 Å². The van der Waals surface area contributed by atoms with Gasteiger partial charge >= 0.3 is 0 Å². The van der Waals surface area contributed by atoms with Crippen LogP contribution >= 0.6 is 11.3 Å².